The van der Waals surface area contributed by atoms with Crippen LogP contribution in [0.3, 0.4) is 0 Å². The molecule has 1 N–H and O–H groups in total. The maximum Gasteiger partial charge on any atom is 0.254 e. The summed E-state index contributed by atoms with van der Waals surface area (Å²) in [6.07, 6.45) is 1.55. The number of aryl methyl sites for hydroxylation is 1. The number of aromatic amines is 1. The lowest BCUT2D eigenvalue weighted by atomic mass is 9.98. The number of piperazine rings is 1. The van der Waals surface area contributed by atoms with Crippen molar-refractivity contribution in [1.29, 1.82) is 0 Å². The van der Waals surface area contributed by atoms with Crippen LogP contribution in [0.25, 0.3) is 11.0 Å². The zero-order chi connectivity index (χ0) is 28.1. The van der Waals surface area contributed by atoms with E-state index in [1.165, 1.54) is 6.07 Å². The summed E-state index contributed by atoms with van der Waals surface area (Å²) in [5.74, 6) is 2.60. The van der Waals surface area contributed by atoms with Gasteiger partial charge in [0.1, 0.15) is 23.1 Å². The molecule has 1 aromatic heterocycles. The van der Waals surface area contributed by atoms with E-state index in [-0.39, 0.29) is 23.7 Å². The van der Waals surface area contributed by atoms with Crippen LogP contribution in [0.1, 0.15) is 42.0 Å². The Bertz CT molecular complexity index is 1440. The Hall–Kier alpha value is -3.91. The molecule has 1 aliphatic heterocycles. The molecule has 0 spiro atoms. The maximum atomic E-state index is 14.2. The minimum atomic E-state index is -0.181. The molecule has 3 aromatic carbocycles. The lowest BCUT2D eigenvalue weighted by Crippen LogP contribution is -2.56. The molecule has 8 heteroatoms. The fourth-order valence-corrected chi connectivity index (χ4v) is 5.28. The molecule has 1 saturated heterocycles. The normalized spacial score (nSPS) is 16.0. The van der Waals surface area contributed by atoms with Crippen LogP contribution in [0.5, 0.6) is 11.5 Å². The Balaban J connectivity index is 1.19. The predicted octanol–water partition coefficient (Wildman–Crippen LogP) is 5.70. The van der Waals surface area contributed by atoms with E-state index in [0.717, 1.165) is 41.2 Å². The lowest BCUT2D eigenvalue weighted by Gasteiger charge is -2.43. The van der Waals surface area contributed by atoms with Gasteiger partial charge in [-0.1, -0.05) is 32.0 Å². The number of amides is 1. The number of rotatable bonds is 10. The number of imidazole rings is 1. The fourth-order valence-electron chi connectivity index (χ4n) is 5.28. The van der Waals surface area contributed by atoms with E-state index in [1.54, 1.807) is 13.2 Å². The van der Waals surface area contributed by atoms with Crippen LogP contribution in [0.15, 0.2) is 66.7 Å². The zero-order valence-corrected chi connectivity index (χ0v) is 23.4. The van der Waals surface area contributed by atoms with Crippen LogP contribution in [0, 0.1) is 11.7 Å². The number of ether oxygens (including phenoxy) is 2. The Kier molecular flexibility index (Phi) is 8.65. The highest BCUT2D eigenvalue weighted by Gasteiger charge is 2.33. The molecule has 1 fully saturated rings. The van der Waals surface area contributed by atoms with Crippen LogP contribution in [-0.4, -0.2) is 65.1 Å². The van der Waals surface area contributed by atoms with Crippen molar-refractivity contribution in [2.75, 3.05) is 33.4 Å². The molecule has 1 amide bonds. The summed E-state index contributed by atoms with van der Waals surface area (Å²) < 4.78 is 25.2. The second-order valence-corrected chi connectivity index (χ2v) is 10.7. The molecular weight excluding hydrogens is 507 g/mol. The third-order valence-corrected chi connectivity index (χ3v) is 7.55. The van der Waals surface area contributed by atoms with Gasteiger partial charge in [0.15, 0.2) is 0 Å². The maximum absolute atomic E-state index is 14.2. The van der Waals surface area contributed by atoms with Crippen molar-refractivity contribution < 1.29 is 18.7 Å². The number of H-pyrrole nitrogens is 1. The number of fused-ring (bicyclic) bond motifs is 1. The van der Waals surface area contributed by atoms with Crippen molar-refractivity contribution in [3.63, 3.8) is 0 Å². The van der Waals surface area contributed by atoms with E-state index in [9.17, 15) is 9.18 Å². The van der Waals surface area contributed by atoms with E-state index < -0.39 is 0 Å². The van der Waals surface area contributed by atoms with Gasteiger partial charge in [0.05, 0.1) is 24.8 Å². The SMILES string of the molecule is COc1ccc(OCCCc2nc3ccc(C(=O)N4CCN(Cc5ccccc5F)C[C@@H]4C(C)C)cc3[nH]2)cc1. The molecule has 1 atom stereocenters. The van der Waals surface area contributed by atoms with Gasteiger partial charge < -0.3 is 19.4 Å². The lowest BCUT2D eigenvalue weighted by molar-refractivity contribution is 0.0326. The van der Waals surface area contributed by atoms with Gasteiger partial charge >= 0.3 is 0 Å². The van der Waals surface area contributed by atoms with E-state index in [2.05, 4.69) is 23.7 Å². The summed E-state index contributed by atoms with van der Waals surface area (Å²) in [6, 6.07) is 20.2. The molecule has 2 heterocycles. The van der Waals surface area contributed by atoms with Gasteiger partial charge in [0.2, 0.25) is 0 Å². The minimum absolute atomic E-state index is 0.0233. The quantitative estimate of drug-likeness (QED) is 0.259. The molecule has 1 aliphatic rings. The van der Waals surface area contributed by atoms with Gasteiger partial charge in [-0.3, -0.25) is 9.69 Å². The highest BCUT2D eigenvalue weighted by atomic mass is 19.1. The molecule has 0 aliphatic carbocycles. The number of carbonyl (C=O) groups excluding carboxylic acids is 1. The average molecular weight is 545 g/mol. The molecule has 0 saturated carbocycles. The zero-order valence-electron chi connectivity index (χ0n) is 23.4. The summed E-state index contributed by atoms with van der Waals surface area (Å²) >= 11 is 0. The van der Waals surface area contributed by atoms with Crippen molar-refractivity contribution in [2.24, 2.45) is 5.92 Å². The van der Waals surface area contributed by atoms with Gasteiger partial charge in [-0.15, -0.1) is 0 Å². The largest absolute Gasteiger partial charge is 0.497 e. The van der Waals surface area contributed by atoms with Crippen molar-refractivity contribution in [1.82, 2.24) is 19.8 Å². The molecule has 40 heavy (non-hydrogen) atoms. The number of benzene rings is 3. The van der Waals surface area contributed by atoms with Crippen molar-refractivity contribution in [3.05, 3.63) is 89.5 Å². The van der Waals surface area contributed by atoms with Gasteiger partial charge in [0.25, 0.3) is 5.91 Å². The summed E-state index contributed by atoms with van der Waals surface area (Å²) in [6.45, 7) is 7.43. The molecule has 0 bridgehead atoms. The molecular formula is C32H37FN4O3. The summed E-state index contributed by atoms with van der Waals surface area (Å²) in [4.78, 5) is 26.0. The van der Waals surface area contributed by atoms with Crippen molar-refractivity contribution in [3.8, 4) is 11.5 Å². The number of hydrogen-bond donors (Lipinski definition) is 1. The number of methoxy groups -OCH3 is 1. The topological polar surface area (TPSA) is 70.7 Å². The van der Waals surface area contributed by atoms with E-state index in [1.807, 2.05) is 59.5 Å². The summed E-state index contributed by atoms with van der Waals surface area (Å²) in [7, 11) is 1.64. The second-order valence-electron chi connectivity index (χ2n) is 10.7. The number of nitrogens with zero attached hydrogens (tertiary/aromatic N) is 3. The third-order valence-electron chi connectivity index (χ3n) is 7.55. The monoisotopic (exact) mass is 544 g/mol. The molecule has 7 nitrogen and oxygen atoms in total. The van der Waals surface area contributed by atoms with Gasteiger partial charge in [-0.2, -0.15) is 0 Å². The molecule has 210 valence electrons. The third kappa shape index (κ3) is 6.45. The number of aromatic nitrogens is 2. The van der Waals surface area contributed by atoms with Gasteiger partial charge in [-0.05, 0) is 60.9 Å². The van der Waals surface area contributed by atoms with Gasteiger partial charge in [0, 0.05) is 49.8 Å². The average Bonchev–Trinajstić information content (AvgIpc) is 3.38. The Morgan fingerprint density at radius 3 is 2.60 bits per heavy atom. The van der Waals surface area contributed by atoms with E-state index in [4.69, 9.17) is 14.5 Å². The number of halogens is 1. The molecule has 5 rings (SSSR count). The molecule has 0 radical (unpaired) electrons. The Morgan fingerprint density at radius 2 is 1.85 bits per heavy atom. The first kappa shape index (κ1) is 27.6. The number of hydrogen-bond acceptors (Lipinski definition) is 5. The fraction of sp³-hybridized carbons (Fsp3) is 0.375. The second kappa shape index (κ2) is 12.5. The highest BCUT2D eigenvalue weighted by molar-refractivity contribution is 5.97. The Labute approximate surface area is 234 Å². The molecule has 4 aromatic rings. The van der Waals surface area contributed by atoms with E-state index in [0.29, 0.717) is 43.9 Å². The van der Waals surface area contributed by atoms with Crippen LogP contribution in [0.4, 0.5) is 4.39 Å². The van der Waals surface area contributed by atoms with E-state index >= 15 is 0 Å². The Morgan fingerprint density at radius 1 is 1.07 bits per heavy atom. The smallest absolute Gasteiger partial charge is 0.254 e. The number of nitrogens with one attached hydrogen (secondary N) is 1. The van der Waals surface area contributed by atoms with Crippen LogP contribution in [0.2, 0.25) is 0 Å². The predicted molar refractivity (Wildman–Crippen MR) is 154 cm³/mol. The van der Waals surface area contributed by atoms with Crippen molar-refractivity contribution >= 4 is 16.9 Å². The van der Waals surface area contributed by atoms with Crippen LogP contribution in [-0.2, 0) is 13.0 Å². The van der Waals surface area contributed by atoms with Crippen molar-refractivity contribution in [2.45, 2.75) is 39.3 Å². The van der Waals surface area contributed by atoms with Crippen LogP contribution >= 0.6 is 0 Å². The minimum Gasteiger partial charge on any atom is -0.497 e. The first-order chi connectivity index (χ1) is 19.4. The standard InChI is InChI=1S/C32H37FN4O3/c1-22(2)30-21-36(20-24-7-4-5-8-27(24)33)16-17-37(30)32(38)23-10-15-28-29(19-23)35-31(34-28)9-6-18-40-26-13-11-25(39-3)12-14-26/h4-5,7-8,10-15,19,22,30H,6,9,16-18,20-21H2,1-3H3,(H,34,35)/t30-/m1/s1. The number of carbonyl (C=O) groups is 1. The first-order valence-corrected chi connectivity index (χ1v) is 13.9. The highest BCUT2D eigenvalue weighted by Crippen LogP contribution is 2.24. The summed E-state index contributed by atoms with van der Waals surface area (Å²) in [5.41, 5.74) is 3.05. The summed E-state index contributed by atoms with van der Waals surface area (Å²) in [5, 5.41) is 0. The first-order valence-electron chi connectivity index (χ1n) is 13.9. The molecule has 0 unspecified atom stereocenters. The van der Waals surface area contributed by atoms with Crippen LogP contribution < -0.4 is 9.47 Å². The van der Waals surface area contributed by atoms with Gasteiger partial charge in [-0.25, -0.2) is 9.37 Å².